The lowest BCUT2D eigenvalue weighted by Gasteiger charge is -2.39. The number of carbonyl (C=O) groups excluding carboxylic acids is 1. The molecule has 2 aliphatic rings. The minimum atomic E-state index is -0.321. The van der Waals surface area contributed by atoms with Crippen LogP contribution < -0.4 is 10.2 Å². The number of benzene rings is 3. The van der Waals surface area contributed by atoms with Crippen LogP contribution in [0.4, 0.5) is 20.6 Å². The second kappa shape index (κ2) is 10.0. The summed E-state index contributed by atoms with van der Waals surface area (Å²) in [4.78, 5) is 17.4. The van der Waals surface area contributed by atoms with Gasteiger partial charge in [-0.2, -0.15) is 0 Å². The number of fused-ring (bicyclic) bond motifs is 2. The van der Waals surface area contributed by atoms with Crippen LogP contribution >= 0.6 is 23.2 Å². The van der Waals surface area contributed by atoms with Crippen molar-refractivity contribution in [2.45, 2.75) is 18.3 Å². The van der Waals surface area contributed by atoms with Crippen molar-refractivity contribution in [1.82, 2.24) is 4.90 Å². The number of anilines is 2. The van der Waals surface area contributed by atoms with Gasteiger partial charge in [0, 0.05) is 24.2 Å². The number of urea groups is 1. The lowest BCUT2D eigenvalue weighted by Crippen LogP contribution is -2.46. The maximum Gasteiger partial charge on any atom is 0.326 e. The second-order valence-corrected chi connectivity index (χ2v) is 9.98. The number of halogens is 3. The SMILES string of the molecule is O=C(Nc1c(Cl)cccc1Cl)N1CC2(CCN(CC=Cc3ccccc3)CC2)c2cc(F)ccc21. The van der Waals surface area contributed by atoms with Crippen molar-refractivity contribution >= 4 is 46.7 Å². The Kier molecular flexibility index (Phi) is 6.83. The van der Waals surface area contributed by atoms with Gasteiger partial charge in [0.15, 0.2) is 0 Å². The molecule has 2 heterocycles. The molecule has 0 bridgehead atoms. The highest BCUT2D eigenvalue weighted by molar-refractivity contribution is 6.39. The Morgan fingerprint density at radius 2 is 1.71 bits per heavy atom. The fraction of sp³-hybridized carbons (Fsp3) is 0.250. The molecule has 4 nitrogen and oxygen atoms in total. The van der Waals surface area contributed by atoms with Crippen LogP contribution in [0.15, 0.2) is 72.8 Å². The second-order valence-electron chi connectivity index (χ2n) is 9.17. The number of hydrogen-bond acceptors (Lipinski definition) is 2. The fourth-order valence-electron chi connectivity index (χ4n) is 5.11. The summed E-state index contributed by atoms with van der Waals surface area (Å²) in [5.74, 6) is -0.284. The van der Waals surface area contributed by atoms with Crippen LogP contribution in [-0.4, -0.2) is 37.1 Å². The van der Waals surface area contributed by atoms with Crippen LogP contribution in [-0.2, 0) is 5.41 Å². The van der Waals surface area contributed by atoms with Gasteiger partial charge in [0.25, 0.3) is 0 Å². The van der Waals surface area contributed by atoms with Crippen molar-refractivity contribution in [1.29, 1.82) is 0 Å². The highest BCUT2D eigenvalue weighted by atomic mass is 35.5. The molecule has 2 aliphatic heterocycles. The van der Waals surface area contributed by atoms with Crippen molar-refractivity contribution in [2.24, 2.45) is 0 Å². The molecule has 180 valence electrons. The first-order valence-corrected chi connectivity index (χ1v) is 12.5. The largest absolute Gasteiger partial charge is 0.326 e. The highest BCUT2D eigenvalue weighted by Crippen LogP contribution is 2.47. The normalized spacial score (nSPS) is 17.2. The van der Waals surface area contributed by atoms with E-state index in [1.807, 2.05) is 18.2 Å². The Labute approximate surface area is 214 Å². The molecule has 5 rings (SSSR count). The molecule has 1 saturated heterocycles. The Bertz CT molecular complexity index is 1240. The maximum absolute atomic E-state index is 14.3. The van der Waals surface area contributed by atoms with E-state index in [0.717, 1.165) is 43.7 Å². The zero-order chi connectivity index (χ0) is 24.4. The molecule has 7 heteroatoms. The molecule has 35 heavy (non-hydrogen) atoms. The molecule has 0 aliphatic carbocycles. The zero-order valence-corrected chi connectivity index (χ0v) is 20.7. The Morgan fingerprint density at radius 1 is 1.00 bits per heavy atom. The van der Waals surface area contributed by atoms with E-state index in [9.17, 15) is 9.18 Å². The number of carbonyl (C=O) groups is 1. The van der Waals surface area contributed by atoms with E-state index in [1.54, 1.807) is 35.2 Å². The Morgan fingerprint density at radius 3 is 2.43 bits per heavy atom. The van der Waals surface area contributed by atoms with Crippen molar-refractivity contribution in [3.63, 3.8) is 0 Å². The standard InChI is InChI=1S/C28H26Cl2FN3O/c29-23-9-4-10-24(30)26(23)32-27(35)34-19-28(22-18-21(31)11-12-25(22)34)13-16-33(17-14-28)15-5-8-20-6-2-1-3-7-20/h1-12,18H,13-17,19H2,(H,32,35). The monoisotopic (exact) mass is 509 g/mol. The average molecular weight is 510 g/mol. The zero-order valence-electron chi connectivity index (χ0n) is 19.2. The topological polar surface area (TPSA) is 35.6 Å². The van der Waals surface area contributed by atoms with Gasteiger partial charge >= 0.3 is 6.03 Å². The summed E-state index contributed by atoms with van der Waals surface area (Å²) in [7, 11) is 0. The maximum atomic E-state index is 14.3. The molecule has 1 spiro atoms. The van der Waals surface area contributed by atoms with E-state index in [-0.39, 0.29) is 17.3 Å². The summed E-state index contributed by atoms with van der Waals surface area (Å²) < 4.78 is 14.3. The summed E-state index contributed by atoms with van der Waals surface area (Å²) in [5.41, 5.74) is 2.92. The molecule has 1 N–H and O–H groups in total. The van der Waals surface area contributed by atoms with E-state index < -0.39 is 0 Å². The molecule has 0 radical (unpaired) electrons. The number of nitrogens with zero attached hydrogens (tertiary/aromatic N) is 2. The van der Waals surface area contributed by atoms with Crippen LogP contribution in [0.25, 0.3) is 6.08 Å². The fourth-order valence-corrected chi connectivity index (χ4v) is 5.60. The molecule has 1 fully saturated rings. The number of likely N-dealkylation sites (tertiary alicyclic amines) is 1. The van der Waals surface area contributed by atoms with Gasteiger partial charge in [-0.15, -0.1) is 0 Å². The van der Waals surface area contributed by atoms with Gasteiger partial charge in [-0.25, -0.2) is 9.18 Å². The van der Waals surface area contributed by atoms with Crippen LogP contribution in [0.2, 0.25) is 10.0 Å². The number of amides is 2. The lowest BCUT2D eigenvalue weighted by molar-refractivity contribution is 0.180. The van der Waals surface area contributed by atoms with E-state index >= 15 is 0 Å². The van der Waals surface area contributed by atoms with Gasteiger partial charge in [-0.3, -0.25) is 9.80 Å². The third-order valence-corrected chi connectivity index (χ3v) is 7.64. The van der Waals surface area contributed by atoms with E-state index in [2.05, 4.69) is 34.5 Å². The number of piperidine rings is 1. The van der Waals surface area contributed by atoms with Crippen LogP contribution in [0.3, 0.4) is 0 Å². The van der Waals surface area contributed by atoms with Crippen molar-refractivity contribution in [3.05, 3.63) is 99.8 Å². The molecule has 0 aromatic heterocycles. The first kappa shape index (κ1) is 23.9. The van der Waals surface area contributed by atoms with E-state index in [1.165, 1.54) is 11.6 Å². The highest BCUT2D eigenvalue weighted by Gasteiger charge is 2.46. The van der Waals surface area contributed by atoms with Crippen molar-refractivity contribution in [2.75, 3.05) is 36.4 Å². The van der Waals surface area contributed by atoms with E-state index in [4.69, 9.17) is 23.2 Å². The summed E-state index contributed by atoms with van der Waals surface area (Å²) in [5, 5.41) is 3.60. The van der Waals surface area contributed by atoms with Crippen molar-refractivity contribution < 1.29 is 9.18 Å². The molecule has 0 atom stereocenters. The van der Waals surface area contributed by atoms with E-state index in [0.29, 0.717) is 22.3 Å². The number of rotatable bonds is 4. The van der Waals surface area contributed by atoms with Gasteiger partial charge in [-0.05, 0) is 67.4 Å². The number of nitrogens with one attached hydrogen (secondary N) is 1. The minimum absolute atomic E-state index is 0.279. The average Bonchev–Trinajstić information content (AvgIpc) is 3.17. The molecule has 0 unspecified atom stereocenters. The lowest BCUT2D eigenvalue weighted by atomic mass is 9.74. The van der Waals surface area contributed by atoms with Crippen molar-refractivity contribution in [3.8, 4) is 0 Å². The predicted octanol–water partition coefficient (Wildman–Crippen LogP) is 7.23. The third kappa shape index (κ3) is 4.94. The summed E-state index contributed by atoms with van der Waals surface area (Å²) in [6.45, 7) is 3.10. The Hall–Kier alpha value is -2.86. The molecule has 2 amide bonds. The van der Waals surface area contributed by atoms with Crippen LogP contribution in [0.1, 0.15) is 24.0 Å². The third-order valence-electron chi connectivity index (χ3n) is 7.01. The predicted molar refractivity (Wildman–Crippen MR) is 142 cm³/mol. The first-order valence-electron chi connectivity index (χ1n) is 11.7. The molecular weight excluding hydrogens is 484 g/mol. The molecule has 0 saturated carbocycles. The molecule has 3 aromatic rings. The van der Waals surface area contributed by atoms with Gasteiger partial charge in [0.05, 0.1) is 15.7 Å². The van der Waals surface area contributed by atoms with Crippen LogP contribution in [0.5, 0.6) is 0 Å². The van der Waals surface area contributed by atoms with Gasteiger partial charge < -0.3 is 5.32 Å². The summed E-state index contributed by atoms with van der Waals surface area (Å²) in [6.07, 6.45) is 6.01. The quantitative estimate of drug-likeness (QED) is 0.402. The minimum Gasteiger partial charge on any atom is -0.305 e. The van der Waals surface area contributed by atoms with Gasteiger partial charge in [0.1, 0.15) is 5.82 Å². The first-order chi connectivity index (χ1) is 16.9. The molecule has 3 aromatic carbocycles. The number of hydrogen-bond donors (Lipinski definition) is 1. The molecular formula is C28H26Cl2FN3O. The van der Waals surface area contributed by atoms with Crippen LogP contribution in [0, 0.1) is 5.82 Å². The van der Waals surface area contributed by atoms with Gasteiger partial charge in [0.2, 0.25) is 0 Å². The van der Waals surface area contributed by atoms with Gasteiger partial charge in [-0.1, -0.05) is 71.8 Å². The Balaban J connectivity index is 1.31. The summed E-state index contributed by atoms with van der Waals surface area (Å²) in [6, 6.07) is 19.7. The number of para-hydroxylation sites is 1. The summed E-state index contributed by atoms with van der Waals surface area (Å²) >= 11 is 12.5. The smallest absolute Gasteiger partial charge is 0.305 e.